The Morgan fingerprint density at radius 2 is 1.63 bits per heavy atom. The number of nitrogens with zero attached hydrogens (tertiary/aromatic N) is 1. The van der Waals surface area contributed by atoms with Crippen molar-refractivity contribution in [3.05, 3.63) is 83.9 Å². The Labute approximate surface area is 174 Å². The lowest BCUT2D eigenvalue weighted by molar-refractivity contribution is 0.100. The Morgan fingerprint density at radius 1 is 0.967 bits per heavy atom. The first kappa shape index (κ1) is 19.7. The summed E-state index contributed by atoms with van der Waals surface area (Å²) in [5.74, 6) is -0.265. The SMILES string of the molecule is CCOc1ccc(NC(=O)c2ccc(N3C(=O)c4ccccc4S3(=O)=O)cc2)cc1. The molecule has 0 fully saturated rings. The highest BCUT2D eigenvalue weighted by atomic mass is 32.2. The van der Waals surface area contributed by atoms with Crippen LogP contribution in [0, 0.1) is 0 Å². The Morgan fingerprint density at radius 3 is 2.27 bits per heavy atom. The maximum atomic E-state index is 12.7. The van der Waals surface area contributed by atoms with Crippen LogP contribution in [-0.2, 0) is 10.0 Å². The van der Waals surface area contributed by atoms with Gasteiger partial charge in [-0.2, -0.15) is 4.31 Å². The lowest BCUT2D eigenvalue weighted by Gasteiger charge is -2.15. The Kier molecular flexibility index (Phi) is 5.01. The van der Waals surface area contributed by atoms with Crippen LogP contribution in [0.5, 0.6) is 5.75 Å². The summed E-state index contributed by atoms with van der Waals surface area (Å²) in [6.45, 7) is 2.44. The molecule has 1 heterocycles. The van der Waals surface area contributed by atoms with Gasteiger partial charge in [-0.1, -0.05) is 12.1 Å². The number of carbonyl (C=O) groups excluding carboxylic acids is 2. The van der Waals surface area contributed by atoms with Crippen molar-refractivity contribution < 1.29 is 22.7 Å². The molecular weight excluding hydrogens is 404 g/mol. The normalized spacial score (nSPS) is 14.3. The highest BCUT2D eigenvalue weighted by Gasteiger charge is 2.41. The summed E-state index contributed by atoms with van der Waals surface area (Å²) in [4.78, 5) is 25.1. The van der Waals surface area contributed by atoms with Crippen molar-refractivity contribution in [1.29, 1.82) is 0 Å². The molecule has 0 radical (unpaired) electrons. The molecule has 3 aromatic rings. The van der Waals surface area contributed by atoms with Gasteiger partial charge in [-0.05, 0) is 67.6 Å². The number of rotatable bonds is 5. The molecule has 0 atom stereocenters. The number of fused-ring (bicyclic) bond motifs is 1. The third kappa shape index (κ3) is 3.42. The minimum absolute atomic E-state index is 0.0210. The van der Waals surface area contributed by atoms with E-state index in [0.717, 1.165) is 4.31 Å². The summed E-state index contributed by atoms with van der Waals surface area (Å²) in [5.41, 5.74) is 1.23. The number of carbonyl (C=O) groups is 2. The second-order valence-electron chi connectivity index (χ2n) is 6.53. The van der Waals surface area contributed by atoms with Crippen LogP contribution in [0.2, 0.25) is 0 Å². The van der Waals surface area contributed by atoms with Gasteiger partial charge in [-0.25, -0.2) is 8.42 Å². The van der Waals surface area contributed by atoms with Gasteiger partial charge in [0, 0.05) is 11.3 Å². The van der Waals surface area contributed by atoms with E-state index < -0.39 is 15.9 Å². The van der Waals surface area contributed by atoms with Crippen LogP contribution in [0.3, 0.4) is 0 Å². The molecule has 1 N–H and O–H groups in total. The van der Waals surface area contributed by atoms with E-state index in [1.54, 1.807) is 36.4 Å². The van der Waals surface area contributed by atoms with Crippen molar-refractivity contribution in [3.63, 3.8) is 0 Å². The van der Waals surface area contributed by atoms with E-state index in [9.17, 15) is 18.0 Å². The number of hydrogen-bond acceptors (Lipinski definition) is 5. The zero-order valence-corrected chi connectivity index (χ0v) is 16.8. The van der Waals surface area contributed by atoms with E-state index in [0.29, 0.717) is 23.6 Å². The third-order valence-corrected chi connectivity index (χ3v) is 6.38. The molecule has 8 heteroatoms. The van der Waals surface area contributed by atoms with Crippen LogP contribution < -0.4 is 14.4 Å². The number of sulfonamides is 1. The van der Waals surface area contributed by atoms with Crippen molar-refractivity contribution in [2.75, 3.05) is 16.2 Å². The maximum Gasteiger partial charge on any atom is 0.273 e. The first-order chi connectivity index (χ1) is 14.4. The summed E-state index contributed by atoms with van der Waals surface area (Å²) in [7, 11) is -3.97. The highest BCUT2D eigenvalue weighted by Crippen LogP contribution is 2.34. The van der Waals surface area contributed by atoms with Gasteiger partial charge in [0.25, 0.3) is 21.8 Å². The lowest BCUT2D eigenvalue weighted by atomic mass is 10.1. The Balaban J connectivity index is 1.53. The van der Waals surface area contributed by atoms with E-state index in [1.807, 2.05) is 6.92 Å². The molecule has 0 bridgehead atoms. The first-order valence-electron chi connectivity index (χ1n) is 9.25. The molecule has 0 spiro atoms. The molecule has 1 aliphatic heterocycles. The number of nitrogens with one attached hydrogen (secondary N) is 1. The molecule has 0 saturated heterocycles. The van der Waals surface area contributed by atoms with Gasteiger partial charge in [-0.15, -0.1) is 0 Å². The monoisotopic (exact) mass is 422 g/mol. The summed E-state index contributed by atoms with van der Waals surface area (Å²) >= 11 is 0. The Hall–Kier alpha value is -3.65. The Bertz CT molecular complexity index is 1220. The standard InChI is InChI=1S/C22H18N2O5S/c1-2-29-18-13-9-16(10-14-18)23-21(25)15-7-11-17(12-8-15)24-22(26)19-5-3-4-6-20(19)30(24,27)28/h3-14H,2H2,1H3,(H,23,25). The van der Waals surface area contributed by atoms with Crippen LogP contribution in [-0.4, -0.2) is 26.8 Å². The molecule has 0 saturated carbocycles. The predicted molar refractivity (Wildman–Crippen MR) is 112 cm³/mol. The average Bonchev–Trinajstić information content (AvgIpc) is 2.95. The molecule has 3 aromatic carbocycles. The second-order valence-corrected chi connectivity index (χ2v) is 8.28. The van der Waals surface area contributed by atoms with Crippen LogP contribution in [0.15, 0.2) is 77.7 Å². The van der Waals surface area contributed by atoms with Gasteiger partial charge >= 0.3 is 0 Å². The fourth-order valence-corrected chi connectivity index (χ4v) is 4.79. The lowest BCUT2D eigenvalue weighted by Crippen LogP contribution is -2.29. The molecule has 0 aromatic heterocycles. The van der Waals surface area contributed by atoms with Crippen molar-refractivity contribution in [3.8, 4) is 5.75 Å². The smallest absolute Gasteiger partial charge is 0.273 e. The van der Waals surface area contributed by atoms with Crippen LogP contribution in [0.4, 0.5) is 11.4 Å². The van der Waals surface area contributed by atoms with E-state index in [2.05, 4.69) is 5.32 Å². The highest BCUT2D eigenvalue weighted by molar-refractivity contribution is 7.94. The zero-order chi connectivity index (χ0) is 21.3. The molecular formula is C22H18N2O5S. The summed E-state index contributed by atoms with van der Waals surface area (Å²) in [6, 6.07) is 18.9. The van der Waals surface area contributed by atoms with E-state index in [1.165, 1.54) is 36.4 Å². The molecule has 0 aliphatic carbocycles. The zero-order valence-electron chi connectivity index (χ0n) is 16.0. The number of amides is 2. The minimum atomic E-state index is -3.97. The molecule has 1 aliphatic rings. The van der Waals surface area contributed by atoms with Gasteiger partial charge in [0.1, 0.15) is 10.6 Å². The molecule has 30 heavy (non-hydrogen) atoms. The van der Waals surface area contributed by atoms with Gasteiger partial charge < -0.3 is 10.1 Å². The molecule has 7 nitrogen and oxygen atoms in total. The number of benzene rings is 3. The predicted octanol–water partition coefficient (Wildman–Crippen LogP) is 3.69. The maximum absolute atomic E-state index is 12.7. The fourth-order valence-electron chi connectivity index (χ4n) is 3.19. The van der Waals surface area contributed by atoms with Crippen LogP contribution in [0.25, 0.3) is 0 Å². The molecule has 0 unspecified atom stereocenters. The van der Waals surface area contributed by atoms with Crippen molar-refractivity contribution in [2.24, 2.45) is 0 Å². The average molecular weight is 422 g/mol. The van der Waals surface area contributed by atoms with Crippen molar-refractivity contribution >= 4 is 33.2 Å². The van der Waals surface area contributed by atoms with Gasteiger partial charge in [0.2, 0.25) is 0 Å². The first-order valence-corrected chi connectivity index (χ1v) is 10.7. The van der Waals surface area contributed by atoms with E-state index in [4.69, 9.17) is 4.74 Å². The van der Waals surface area contributed by atoms with Crippen LogP contribution >= 0.6 is 0 Å². The topological polar surface area (TPSA) is 92.8 Å². The third-order valence-electron chi connectivity index (χ3n) is 4.61. The van der Waals surface area contributed by atoms with Crippen molar-refractivity contribution in [2.45, 2.75) is 11.8 Å². The van der Waals surface area contributed by atoms with Crippen LogP contribution in [0.1, 0.15) is 27.6 Å². The van der Waals surface area contributed by atoms with Crippen molar-refractivity contribution in [1.82, 2.24) is 0 Å². The van der Waals surface area contributed by atoms with E-state index >= 15 is 0 Å². The molecule has 4 rings (SSSR count). The van der Waals surface area contributed by atoms with Gasteiger partial charge in [0.15, 0.2) is 0 Å². The quantitative estimate of drug-likeness (QED) is 0.677. The molecule has 152 valence electrons. The van der Waals surface area contributed by atoms with Gasteiger partial charge in [0.05, 0.1) is 17.9 Å². The summed E-state index contributed by atoms with van der Waals surface area (Å²) in [6.07, 6.45) is 0. The van der Waals surface area contributed by atoms with Gasteiger partial charge in [-0.3, -0.25) is 9.59 Å². The fraction of sp³-hybridized carbons (Fsp3) is 0.0909. The number of hydrogen-bond donors (Lipinski definition) is 1. The summed E-state index contributed by atoms with van der Waals surface area (Å²) in [5, 5.41) is 2.76. The minimum Gasteiger partial charge on any atom is -0.494 e. The van der Waals surface area contributed by atoms with E-state index in [-0.39, 0.29) is 22.1 Å². The number of ether oxygens (including phenoxy) is 1. The number of anilines is 2. The largest absolute Gasteiger partial charge is 0.494 e. The molecule has 2 amide bonds. The second kappa shape index (κ2) is 7.64. The summed E-state index contributed by atoms with van der Waals surface area (Å²) < 4.78 is 31.6.